The van der Waals surface area contributed by atoms with Gasteiger partial charge in [0.25, 0.3) is 0 Å². The summed E-state index contributed by atoms with van der Waals surface area (Å²) in [4.78, 5) is 0. The molecule has 0 amide bonds. The lowest BCUT2D eigenvalue weighted by atomic mass is 10.2. The molecule has 0 saturated heterocycles. The molecule has 0 unspecified atom stereocenters. The molecule has 1 aromatic carbocycles. The first kappa shape index (κ1) is 16.6. The Morgan fingerprint density at radius 1 is 1.38 bits per heavy atom. The smallest absolute Gasteiger partial charge is 0.143 e. The number of aryl methyl sites for hydroxylation is 2. The number of nitrogens with one attached hydrogen (secondary N) is 1. The second-order valence-corrected chi connectivity index (χ2v) is 6.30. The molecule has 1 N–H and O–H groups in total. The summed E-state index contributed by atoms with van der Waals surface area (Å²) in [5.41, 5.74) is 2.80. The molecular weight excluding hydrogens is 377 g/mol. The maximum Gasteiger partial charge on any atom is 0.143 e. The molecule has 114 valence electrons. The molecule has 0 aliphatic rings. The van der Waals surface area contributed by atoms with Gasteiger partial charge in [-0.3, -0.25) is 4.68 Å². The molecule has 21 heavy (non-hydrogen) atoms. The molecule has 0 spiro atoms. The van der Waals surface area contributed by atoms with Gasteiger partial charge in [0.2, 0.25) is 0 Å². The van der Waals surface area contributed by atoms with Crippen LogP contribution in [0, 0.1) is 6.92 Å². The van der Waals surface area contributed by atoms with E-state index >= 15 is 0 Å². The van der Waals surface area contributed by atoms with Crippen molar-refractivity contribution in [3.05, 3.63) is 43.6 Å². The number of hydrogen-bond acceptors (Lipinski definition) is 3. The van der Waals surface area contributed by atoms with E-state index < -0.39 is 0 Å². The van der Waals surface area contributed by atoms with E-state index in [-0.39, 0.29) is 0 Å². The average molecular weight is 393 g/mol. The van der Waals surface area contributed by atoms with Crippen LogP contribution in [0.25, 0.3) is 0 Å². The van der Waals surface area contributed by atoms with Gasteiger partial charge in [-0.2, -0.15) is 5.10 Å². The second-order valence-electron chi connectivity index (χ2n) is 4.66. The van der Waals surface area contributed by atoms with Crippen molar-refractivity contribution in [1.29, 1.82) is 0 Å². The van der Waals surface area contributed by atoms with Crippen LogP contribution in [0.1, 0.15) is 17.0 Å². The number of aromatic nitrogens is 2. The Morgan fingerprint density at radius 2 is 2.10 bits per heavy atom. The fraction of sp³-hybridized carbons (Fsp3) is 0.357. The summed E-state index contributed by atoms with van der Waals surface area (Å²) in [7, 11) is 3.74. The topological polar surface area (TPSA) is 39.1 Å². The van der Waals surface area contributed by atoms with Crippen molar-refractivity contribution in [1.82, 2.24) is 15.1 Å². The molecule has 0 saturated carbocycles. The van der Waals surface area contributed by atoms with Crippen molar-refractivity contribution >= 4 is 39.1 Å². The molecule has 2 aromatic rings. The van der Waals surface area contributed by atoms with Crippen LogP contribution in [-0.2, 0) is 20.2 Å². The van der Waals surface area contributed by atoms with Crippen LogP contribution >= 0.6 is 39.1 Å². The van der Waals surface area contributed by atoms with Crippen LogP contribution in [0.2, 0.25) is 10.0 Å². The minimum Gasteiger partial charge on any atom is -0.485 e. The van der Waals surface area contributed by atoms with Gasteiger partial charge in [-0.1, -0.05) is 23.2 Å². The van der Waals surface area contributed by atoms with Gasteiger partial charge >= 0.3 is 0 Å². The quantitative estimate of drug-likeness (QED) is 0.832. The van der Waals surface area contributed by atoms with E-state index in [0.717, 1.165) is 21.4 Å². The third-order valence-corrected chi connectivity index (χ3v) is 4.60. The summed E-state index contributed by atoms with van der Waals surface area (Å²) in [6.45, 7) is 2.94. The van der Waals surface area contributed by atoms with Crippen LogP contribution in [0.4, 0.5) is 0 Å². The monoisotopic (exact) mass is 391 g/mol. The lowest BCUT2D eigenvalue weighted by Gasteiger charge is -2.14. The number of hydrogen-bond donors (Lipinski definition) is 1. The van der Waals surface area contributed by atoms with Gasteiger partial charge in [0.15, 0.2) is 0 Å². The summed E-state index contributed by atoms with van der Waals surface area (Å²) >= 11 is 15.8. The van der Waals surface area contributed by atoms with Crippen molar-refractivity contribution in [2.75, 3.05) is 7.05 Å². The van der Waals surface area contributed by atoms with Gasteiger partial charge in [0, 0.05) is 24.2 Å². The van der Waals surface area contributed by atoms with Crippen molar-refractivity contribution in [3.8, 4) is 5.75 Å². The Morgan fingerprint density at radius 3 is 2.67 bits per heavy atom. The summed E-state index contributed by atoms with van der Waals surface area (Å²) in [5.74, 6) is 0.640. The molecular formula is C14H16BrCl2N3O. The van der Waals surface area contributed by atoms with E-state index in [4.69, 9.17) is 27.9 Å². The number of benzene rings is 1. The Bertz CT molecular complexity index is 658. The van der Waals surface area contributed by atoms with Crippen molar-refractivity contribution in [3.63, 3.8) is 0 Å². The molecule has 0 bridgehead atoms. The van der Waals surface area contributed by atoms with Crippen LogP contribution in [0.3, 0.4) is 0 Å². The lowest BCUT2D eigenvalue weighted by Crippen LogP contribution is -2.09. The normalized spacial score (nSPS) is 11.0. The number of nitrogens with zero attached hydrogens (tertiary/aromatic N) is 2. The minimum absolute atomic E-state index is 0.371. The molecule has 0 radical (unpaired) electrons. The predicted molar refractivity (Wildman–Crippen MR) is 89.2 cm³/mol. The first-order valence-electron chi connectivity index (χ1n) is 6.37. The zero-order valence-corrected chi connectivity index (χ0v) is 15.1. The molecule has 0 fully saturated rings. The molecule has 0 aliphatic heterocycles. The number of ether oxygens (including phenoxy) is 1. The van der Waals surface area contributed by atoms with Gasteiger partial charge in [0.1, 0.15) is 12.4 Å². The lowest BCUT2D eigenvalue weighted by molar-refractivity contribution is 0.291. The van der Waals surface area contributed by atoms with Crippen LogP contribution in [-0.4, -0.2) is 16.8 Å². The van der Waals surface area contributed by atoms with Crippen molar-refractivity contribution < 1.29 is 4.74 Å². The van der Waals surface area contributed by atoms with Crippen LogP contribution < -0.4 is 10.1 Å². The maximum atomic E-state index is 6.25. The molecule has 1 heterocycles. The van der Waals surface area contributed by atoms with E-state index in [1.54, 1.807) is 10.7 Å². The third-order valence-electron chi connectivity index (χ3n) is 3.07. The highest BCUT2D eigenvalue weighted by atomic mass is 79.9. The van der Waals surface area contributed by atoms with Gasteiger partial charge in [-0.05, 0) is 42.0 Å². The summed E-state index contributed by atoms with van der Waals surface area (Å²) in [6, 6.07) is 3.53. The largest absolute Gasteiger partial charge is 0.485 e. The highest BCUT2D eigenvalue weighted by Crippen LogP contribution is 2.33. The van der Waals surface area contributed by atoms with Crippen LogP contribution in [0.5, 0.6) is 5.75 Å². The molecule has 0 aliphatic carbocycles. The SMILES string of the molecule is CNCc1cc(Cl)cc(Cl)c1OCc1c(Br)c(C)nn1C. The van der Waals surface area contributed by atoms with E-state index in [9.17, 15) is 0 Å². The fourth-order valence-corrected chi connectivity index (χ4v) is 3.12. The standard InChI is InChI=1S/C14H16BrCl2N3O/c1-8-13(15)12(20(3)19-8)7-21-14-9(6-18-2)4-10(16)5-11(14)17/h4-5,18H,6-7H2,1-3H3. The summed E-state index contributed by atoms with van der Waals surface area (Å²) in [5, 5.41) is 8.52. The minimum atomic E-state index is 0.371. The zero-order chi connectivity index (χ0) is 15.6. The molecule has 4 nitrogen and oxygen atoms in total. The Labute approximate surface area is 142 Å². The Kier molecular flexibility index (Phi) is 5.54. The first-order valence-corrected chi connectivity index (χ1v) is 7.92. The highest BCUT2D eigenvalue weighted by molar-refractivity contribution is 9.10. The molecule has 0 atom stereocenters. The van der Waals surface area contributed by atoms with Gasteiger partial charge in [0.05, 0.1) is 20.9 Å². The summed E-state index contributed by atoms with van der Waals surface area (Å²) in [6.07, 6.45) is 0. The molecule has 7 heteroatoms. The van der Waals surface area contributed by atoms with Gasteiger partial charge in [-0.15, -0.1) is 0 Å². The molecule has 1 aromatic heterocycles. The number of halogens is 3. The second kappa shape index (κ2) is 7.01. The van der Waals surface area contributed by atoms with E-state index in [1.165, 1.54) is 0 Å². The molecule has 2 rings (SSSR count). The Balaban J connectivity index is 2.27. The van der Waals surface area contributed by atoms with Crippen LogP contribution in [0.15, 0.2) is 16.6 Å². The van der Waals surface area contributed by atoms with E-state index in [0.29, 0.717) is 28.9 Å². The summed E-state index contributed by atoms with van der Waals surface area (Å²) < 4.78 is 8.66. The number of rotatable bonds is 5. The third kappa shape index (κ3) is 3.72. The van der Waals surface area contributed by atoms with E-state index in [1.807, 2.05) is 27.1 Å². The van der Waals surface area contributed by atoms with Gasteiger partial charge < -0.3 is 10.1 Å². The van der Waals surface area contributed by atoms with Gasteiger partial charge in [-0.25, -0.2) is 0 Å². The fourth-order valence-electron chi connectivity index (χ4n) is 2.07. The Hall–Kier alpha value is -0.750. The zero-order valence-electron chi connectivity index (χ0n) is 12.0. The maximum absolute atomic E-state index is 6.25. The van der Waals surface area contributed by atoms with Crippen molar-refractivity contribution in [2.24, 2.45) is 7.05 Å². The highest BCUT2D eigenvalue weighted by Gasteiger charge is 2.15. The van der Waals surface area contributed by atoms with E-state index in [2.05, 4.69) is 26.3 Å². The predicted octanol–water partition coefficient (Wildman–Crippen LogP) is 4.10. The van der Waals surface area contributed by atoms with Crippen molar-refractivity contribution in [2.45, 2.75) is 20.1 Å². The average Bonchev–Trinajstić information content (AvgIpc) is 2.64. The first-order chi connectivity index (χ1) is 9.93.